The minimum absolute atomic E-state index is 0.414. The summed E-state index contributed by atoms with van der Waals surface area (Å²) in [6, 6.07) is 22.2. The second-order valence-corrected chi connectivity index (χ2v) is 6.36. The first-order valence-corrected chi connectivity index (χ1v) is 8.31. The van der Waals surface area contributed by atoms with Crippen molar-refractivity contribution in [3.8, 4) is 5.75 Å². The molecule has 124 valence electrons. The van der Waals surface area contributed by atoms with Crippen LogP contribution in [0.3, 0.4) is 0 Å². The second-order valence-electron chi connectivity index (χ2n) is 5.95. The zero-order chi connectivity index (χ0) is 17.4. The van der Waals surface area contributed by atoms with E-state index in [-0.39, 0.29) is 0 Å². The number of halogens is 1. The predicted octanol–water partition coefficient (Wildman–Crippen LogP) is 5.10. The minimum Gasteiger partial charge on any atom is -0.443 e. The lowest BCUT2D eigenvalue weighted by Crippen LogP contribution is -2.35. The lowest BCUT2D eigenvalue weighted by molar-refractivity contribution is -0.108. The van der Waals surface area contributed by atoms with Crippen molar-refractivity contribution in [1.82, 2.24) is 0 Å². The second kappa shape index (κ2) is 5.94. The lowest BCUT2D eigenvalue weighted by atomic mass is 9.95. The molecule has 0 bridgehead atoms. The van der Waals surface area contributed by atoms with Crippen molar-refractivity contribution in [2.45, 2.75) is 12.7 Å². The Labute approximate surface area is 150 Å². The molecule has 0 aromatic heterocycles. The van der Waals surface area contributed by atoms with Gasteiger partial charge in [0.1, 0.15) is 5.75 Å². The van der Waals surface area contributed by atoms with Gasteiger partial charge in [-0.3, -0.25) is 0 Å². The summed E-state index contributed by atoms with van der Waals surface area (Å²) < 4.78 is 12.1. The first kappa shape index (κ1) is 15.7. The van der Waals surface area contributed by atoms with Crippen LogP contribution < -0.4 is 4.74 Å². The molecule has 1 aliphatic heterocycles. The number of carbonyl (C=O) groups is 1. The highest BCUT2D eigenvalue weighted by Crippen LogP contribution is 2.44. The highest BCUT2D eigenvalue weighted by Gasteiger charge is 2.49. The third-order valence-electron chi connectivity index (χ3n) is 4.23. The number of esters is 1. The van der Waals surface area contributed by atoms with Gasteiger partial charge in [-0.05, 0) is 36.8 Å². The van der Waals surface area contributed by atoms with Crippen molar-refractivity contribution in [3.05, 3.63) is 100 Å². The molecule has 1 atom stereocenters. The van der Waals surface area contributed by atoms with E-state index in [2.05, 4.69) is 0 Å². The van der Waals surface area contributed by atoms with E-state index in [1.807, 2.05) is 61.5 Å². The van der Waals surface area contributed by atoms with Crippen LogP contribution in [0.15, 0.2) is 72.8 Å². The average molecular weight is 351 g/mol. The molecule has 0 saturated carbocycles. The van der Waals surface area contributed by atoms with Crippen molar-refractivity contribution in [2.24, 2.45) is 0 Å². The first-order valence-electron chi connectivity index (χ1n) is 7.94. The predicted molar refractivity (Wildman–Crippen MR) is 95.9 cm³/mol. The number of benzene rings is 3. The monoisotopic (exact) mass is 350 g/mol. The summed E-state index contributed by atoms with van der Waals surface area (Å²) in [4.78, 5) is 12.5. The number of cyclic esters (lactones) is 1. The van der Waals surface area contributed by atoms with Gasteiger partial charge >= 0.3 is 11.8 Å². The lowest BCUT2D eigenvalue weighted by Gasteiger charge is -2.30. The van der Waals surface area contributed by atoms with Crippen LogP contribution in [0.4, 0.5) is 0 Å². The van der Waals surface area contributed by atoms with Crippen molar-refractivity contribution in [3.63, 3.8) is 0 Å². The van der Waals surface area contributed by atoms with E-state index in [0.717, 1.165) is 11.1 Å². The van der Waals surface area contributed by atoms with Crippen LogP contribution in [0.2, 0.25) is 5.02 Å². The van der Waals surface area contributed by atoms with Gasteiger partial charge in [-0.15, -0.1) is 0 Å². The fourth-order valence-corrected chi connectivity index (χ4v) is 3.20. The molecule has 0 amide bonds. The SMILES string of the molecule is Cc1ccc(Cl)c(O[C@]2(c3ccccc3)OC(=O)c3ccccc32)c1. The van der Waals surface area contributed by atoms with Crippen LogP contribution in [0, 0.1) is 6.92 Å². The van der Waals surface area contributed by atoms with E-state index in [9.17, 15) is 4.79 Å². The number of fused-ring (bicyclic) bond motifs is 1. The zero-order valence-electron chi connectivity index (χ0n) is 13.5. The number of ether oxygens (including phenoxy) is 2. The molecule has 0 N–H and O–H groups in total. The van der Waals surface area contributed by atoms with Crippen molar-refractivity contribution in [1.29, 1.82) is 0 Å². The van der Waals surface area contributed by atoms with Crippen LogP contribution in [0.1, 0.15) is 27.0 Å². The van der Waals surface area contributed by atoms with Gasteiger partial charge in [-0.1, -0.05) is 60.1 Å². The highest BCUT2D eigenvalue weighted by molar-refractivity contribution is 6.32. The quantitative estimate of drug-likeness (QED) is 0.616. The van der Waals surface area contributed by atoms with E-state index >= 15 is 0 Å². The van der Waals surface area contributed by atoms with Gasteiger partial charge in [0, 0.05) is 5.56 Å². The van der Waals surface area contributed by atoms with Gasteiger partial charge in [-0.2, -0.15) is 0 Å². The van der Waals surface area contributed by atoms with E-state index in [4.69, 9.17) is 21.1 Å². The van der Waals surface area contributed by atoms with Crippen LogP contribution in [-0.2, 0) is 10.5 Å². The summed E-state index contributed by atoms with van der Waals surface area (Å²) in [6.45, 7) is 1.95. The number of rotatable bonds is 3. The molecule has 1 heterocycles. The summed E-state index contributed by atoms with van der Waals surface area (Å²) in [7, 11) is 0. The molecule has 25 heavy (non-hydrogen) atoms. The summed E-state index contributed by atoms with van der Waals surface area (Å²) in [6.07, 6.45) is 0. The largest absolute Gasteiger partial charge is 0.443 e. The maximum absolute atomic E-state index is 12.5. The van der Waals surface area contributed by atoms with E-state index < -0.39 is 11.8 Å². The normalized spacial score (nSPS) is 18.6. The smallest absolute Gasteiger partial charge is 0.342 e. The van der Waals surface area contributed by atoms with Crippen LogP contribution in [0.5, 0.6) is 5.75 Å². The topological polar surface area (TPSA) is 35.5 Å². The molecule has 3 aromatic rings. The number of hydrogen-bond donors (Lipinski definition) is 0. The Morgan fingerprint density at radius 3 is 2.48 bits per heavy atom. The Bertz CT molecular complexity index is 952. The molecule has 0 saturated heterocycles. The number of hydrogen-bond acceptors (Lipinski definition) is 3. The fraction of sp³-hybridized carbons (Fsp3) is 0.0952. The molecule has 0 aliphatic carbocycles. The van der Waals surface area contributed by atoms with E-state index in [1.165, 1.54) is 0 Å². The Kier molecular flexibility index (Phi) is 3.74. The van der Waals surface area contributed by atoms with Gasteiger partial charge in [0.05, 0.1) is 16.1 Å². The maximum Gasteiger partial charge on any atom is 0.342 e. The molecule has 0 radical (unpaired) electrons. The molecule has 0 fully saturated rings. The summed E-state index contributed by atoms with van der Waals surface area (Å²) in [5, 5.41) is 0.460. The van der Waals surface area contributed by atoms with Crippen molar-refractivity contribution >= 4 is 17.6 Å². The van der Waals surface area contributed by atoms with Crippen LogP contribution in [-0.4, -0.2) is 5.97 Å². The third-order valence-corrected chi connectivity index (χ3v) is 4.54. The van der Waals surface area contributed by atoms with Gasteiger partial charge in [0.2, 0.25) is 0 Å². The van der Waals surface area contributed by atoms with Crippen LogP contribution >= 0.6 is 11.6 Å². The molecular weight excluding hydrogens is 336 g/mol. The maximum atomic E-state index is 12.5. The Morgan fingerprint density at radius 1 is 0.960 bits per heavy atom. The molecule has 3 aromatic carbocycles. The molecular formula is C21H15ClO3. The van der Waals surface area contributed by atoms with Gasteiger partial charge in [0.25, 0.3) is 0 Å². The molecule has 0 unspecified atom stereocenters. The minimum atomic E-state index is -1.35. The first-order chi connectivity index (χ1) is 12.1. The van der Waals surface area contributed by atoms with Crippen LogP contribution in [0.25, 0.3) is 0 Å². The third kappa shape index (κ3) is 2.57. The Balaban J connectivity index is 1.93. The number of aryl methyl sites for hydroxylation is 1. The van der Waals surface area contributed by atoms with Crippen molar-refractivity contribution < 1.29 is 14.3 Å². The van der Waals surface area contributed by atoms with Gasteiger partial charge in [0.15, 0.2) is 0 Å². The fourth-order valence-electron chi connectivity index (χ4n) is 3.04. The molecule has 0 spiro atoms. The van der Waals surface area contributed by atoms with Crippen molar-refractivity contribution in [2.75, 3.05) is 0 Å². The Morgan fingerprint density at radius 2 is 1.68 bits per heavy atom. The van der Waals surface area contributed by atoms with Gasteiger partial charge in [-0.25, -0.2) is 4.79 Å². The summed E-state index contributed by atoms with van der Waals surface area (Å²) in [5.74, 6) is -1.30. The van der Waals surface area contributed by atoms with Gasteiger partial charge < -0.3 is 9.47 Å². The van der Waals surface area contributed by atoms with E-state index in [1.54, 1.807) is 18.2 Å². The van der Waals surface area contributed by atoms with E-state index in [0.29, 0.717) is 21.9 Å². The molecule has 4 heteroatoms. The molecule has 4 rings (SSSR count). The molecule has 1 aliphatic rings. The Hall–Kier alpha value is -2.78. The summed E-state index contributed by atoms with van der Waals surface area (Å²) in [5.41, 5.74) is 2.89. The summed E-state index contributed by atoms with van der Waals surface area (Å²) >= 11 is 6.32. The standard InChI is InChI=1S/C21H15ClO3/c1-14-11-12-18(22)19(13-14)24-21(15-7-3-2-4-8-15)17-10-6-5-9-16(17)20(23)25-21/h2-13H,1H3/t21-/m1/s1. The zero-order valence-corrected chi connectivity index (χ0v) is 14.3. The highest BCUT2D eigenvalue weighted by atomic mass is 35.5. The number of carbonyl (C=O) groups excluding carboxylic acids is 1. The average Bonchev–Trinajstić information content (AvgIpc) is 2.92. The molecule has 3 nitrogen and oxygen atoms in total.